The van der Waals surface area contributed by atoms with E-state index in [1.54, 1.807) is 6.20 Å². The van der Waals surface area contributed by atoms with Crippen LogP contribution in [0.5, 0.6) is 0 Å². The minimum Gasteiger partial charge on any atom is -0.368 e. The van der Waals surface area contributed by atoms with E-state index < -0.39 is 29.4 Å². The van der Waals surface area contributed by atoms with Gasteiger partial charge < -0.3 is 26.3 Å². The number of aromatic nitrogens is 2. The van der Waals surface area contributed by atoms with Gasteiger partial charge in [-0.2, -0.15) is 0 Å². The summed E-state index contributed by atoms with van der Waals surface area (Å²) in [5, 5.41) is 5.34. The van der Waals surface area contributed by atoms with Gasteiger partial charge in [-0.3, -0.25) is 19.2 Å². The lowest BCUT2D eigenvalue weighted by Crippen LogP contribution is -2.61. The number of aromatic amines is 1. The van der Waals surface area contributed by atoms with Gasteiger partial charge in [0.2, 0.25) is 23.6 Å². The van der Waals surface area contributed by atoms with Crippen molar-refractivity contribution in [3.05, 3.63) is 18.2 Å². The SMILES string of the molecule is NC(=O)C12CC(CN1C(=O)C(Cc1cnc[nH]1)NC(=O)C1CCC(=O)N1)C2. The second-order valence-corrected chi connectivity index (χ2v) is 7.62. The van der Waals surface area contributed by atoms with Gasteiger partial charge in [0.15, 0.2) is 0 Å². The molecule has 2 unspecified atom stereocenters. The molecule has 2 bridgehead atoms. The lowest BCUT2D eigenvalue weighted by atomic mass is 9.72. The molecule has 0 radical (unpaired) electrons. The number of amides is 4. The molecule has 3 aliphatic heterocycles. The summed E-state index contributed by atoms with van der Waals surface area (Å²) in [5.41, 5.74) is 5.32. The van der Waals surface area contributed by atoms with E-state index in [0.29, 0.717) is 31.5 Å². The van der Waals surface area contributed by atoms with E-state index in [9.17, 15) is 19.2 Å². The maximum absolute atomic E-state index is 13.2. The number of nitrogens with one attached hydrogen (secondary N) is 3. The summed E-state index contributed by atoms with van der Waals surface area (Å²) in [6.45, 7) is 0.470. The number of carbonyl (C=O) groups excluding carboxylic acids is 4. The van der Waals surface area contributed by atoms with Crippen LogP contribution in [0.2, 0.25) is 0 Å². The minimum absolute atomic E-state index is 0.181. The fourth-order valence-corrected chi connectivity index (χ4v) is 4.40. The molecule has 2 atom stereocenters. The molecular weight excluding hydrogens is 352 g/mol. The number of imidazole rings is 1. The molecule has 1 aromatic heterocycles. The summed E-state index contributed by atoms with van der Waals surface area (Å²) < 4.78 is 0. The van der Waals surface area contributed by atoms with Crippen molar-refractivity contribution in [2.45, 2.75) is 49.7 Å². The van der Waals surface area contributed by atoms with Crippen molar-refractivity contribution in [2.24, 2.45) is 11.7 Å². The number of fused-ring (bicyclic) bond motifs is 1. The number of rotatable bonds is 6. The van der Waals surface area contributed by atoms with E-state index in [4.69, 9.17) is 5.73 Å². The van der Waals surface area contributed by atoms with Crippen molar-refractivity contribution >= 4 is 23.6 Å². The number of hydrogen-bond donors (Lipinski definition) is 4. The molecule has 1 aliphatic carbocycles. The Balaban J connectivity index is 1.52. The highest BCUT2D eigenvalue weighted by Crippen LogP contribution is 2.50. The summed E-state index contributed by atoms with van der Waals surface area (Å²) in [5.74, 6) is -1.14. The Bertz CT molecular complexity index is 785. The molecule has 0 spiro atoms. The number of nitrogens with zero attached hydrogens (tertiary/aromatic N) is 2. The first-order valence-electron chi connectivity index (χ1n) is 9.07. The van der Waals surface area contributed by atoms with Crippen molar-refractivity contribution < 1.29 is 19.2 Å². The van der Waals surface area contributed by atoms with Gasteiger partial charge in [-0.15, -0.1) is 0 Å². The molecule has 4 fully saturated rings. The van der Waals surface area contributed by atoms with Gasteiger partial charge in [0, 0.05) is 31.3 Å². The molecule has 1 saturated carbocycles. The first-order valence-corrected chi connectivity index (χ1v) is 9.07. The molecule has 5 rings (SSSR count). The summed E-state index contributed by atoms with van der Waals surface area (Å²) in [6.07, 6.45) is 5.13. The van der Waals surface area contributed by atoms with Crippen molar-refractivity contribution in [3.8, 4) is 0 Å². The monoisotopic (exact) mass is 374 g/mol. The second-order valence-electron chi connectivity index (χ2n) is 7.62. The molecule has 0 aromatic carbocycles. The average molecular weight is 374 g/mol. The predicted octanol–water partition coefficient (Wildman–Crippen LogP) is -1.81. The van der Waals surface area contributed by atoms with E-state index >= 15 is 0 Å². The van der Waals surface area contributed by atoms with Gasteiger partial charge in [-0.05, 0) is 25.2 Å². The Morgan fingerprint density at radius 2 is 2.19 bits per heavy atom. The molecule has 3 saturated heterocycles. The van der Waals surface area contributed by atoms with Crippen LogP contribution in [0.25, 0.3) is 0 Å². The molecule has 4 heterocycles. The van der Waals surface area contributed by atoms with E-state index in [2.05, 4.69) is 20.6 Å². The highest BCUT2D eigenvalue weighted by molar-refractivity contribution is 5.97. The highest BCUT2D eigenvalue weighted by Gasteiger charge is 2.62. The van der Waals surface area contributed by atoms with Gasteiger partial charge in [0.25, 0.3) is 0 Å². The Labute approximate surface area is 155 Å². The first-order chi connectivity index (χ1) is 12.9. The van der Waals surface area contributed by atoms with Crippen LogP contribution < -0.4 is 16.4 Å². The van der Waals surface area contributed by atoms with Crippen LogP contribution in [0.15, 0.2) is 12.5 Å². The summed E-state index contributed by atoms with van der Waals surface area (Å²) >= 11 is 0. The molecule has 4 amide bonds. The van der Waals surface area contributed by atoms with Crippen LogP contribution in [0, 0.1) is 5.92 Å². The second kappa shape index (κ2) is 6.36. The van der Waals surface area contributed by atoms with Crippen LogP contribution in [0.4, 0.5) is 0 Å². The Hall–Kier alpha value is -2.91. The maximum Gasteiger partial charge on any atom is 0.246 e. The van der Waals surface area contributed by atoms with Crippen molar-refractivity contribution in [1.29, 1.82) is 0 Å². The number of carbonyl (C=O) groups is 4. The fraction of sp³-hybridized carbons (Fsp3) is 0.588. The molecule has 5 N–H and O–H groups in total. The van der Waals surface area contributed by atoms with E-state index in [-0.39, 0.29) is 30.6 Å². The van der Waals surface area contributed by atoms with Gasteiger partial charge >= 0.3 is 0 Å². The molecule has 27 heavy (non-hydrogen) atoms. The van der Waals surface area contributed by atoms with Crippen LogP contribution in [0.1, 0.15) is 31.4 Å². The Morgan fingerprint density at radius 3 is 2.78 bits per heavy atom. The van der Waals surface area contributed by atoms with Crippen molar-refractivity contribution in [1.82, 2.24) is 25.5 Å². The quantitative estimate of drug-likeness (QED) is 0.463. The average Bonchev–Trinajstić information content (AvgIpc) is 3.35. The number of hydrogen-bond acceptors (Lipinski definition) is 5. The zero-order chi connectivity index (χ0) is 19.2. The normalized spacial score (nSPS) is 29.8. The lowest BCUT2D eigenvalue weighted by Gasteiger charge is -2.40. The minimum atomic E-state index is -0.930. The largest absolute Gasteiger partial charge is 0.368 e. The molecule has 144 valence electrons. The standard InChI is InChI=1S/C17H22N6O4/c18-16(27)17-4-9(5-17)7-23(17)15(26)12(3-10-6-19-8-20-10)22-14(25)11-1-2-13(24)21-11/h6,8-9,11-12H,1-5,7H2,(H2,18,27)(H,19,20)(H,21,24)(H,22,25). The van der Waals surface area contributed by atoms with Crippen molar-refractivity contribution in [3.63, 3.8) is 0 Å². The molecular formula is C17H22N6O4. The Kier molecular flexibility index (Phi) is 4.12. The zero-order valence-corrected chi connectivity index (χ0v) is 14.7. The summed E-state index contributed by atoms with van der Waals surface area (Å²) in [6, 6.07) is -1.52. The van der Waals surface area contributed by atoms with Gasteiger partial charge in [0.1, 0.15) is 17.6 Å². The lowest BCUT2D eigenvalue weighted by molar-refractivity contribution is -0.146. The van der Waals surface area contributed by atoms with Crippen LogP contribution >= 0.6 is 0 Å². The van der Waals surface area contributed by atoms with E-state index in [1.165, 1.54) is 11.2 Å². The molecule has 10 heteroatoms. The Morgan fingerprint density at radius 1 is 1.41 bits per heavy atom. The highest BCUT2D eigenvalue weighted by atomic mass is 16.2. The molecule has 1 aromatic rings. The first kappa shape index (κ1) is 17.5. The smallest absolute Gasteiger partial charge is 0.246 e. The van der Waals surface area contributed by atoms with Gasteiger partial charge in [0.05, 0.1) is 6.33 Å². The number of H-pyrrole nitrogens is 1. The van der Waals surface area contributed by atoms with Crippen LogP contribution in [0.3, 0.4) is 0 Å². The fourth-order valence-electron chi connectivity index (χ4n) is 4.40. The predicted molar refractivity (Wildman–Crippen MR) is 91.7 cm³/mol. The third-order valence-electron chi connectivity index (χ3n) is 5.84. The van der Waals surface area contributed by atoms with E-state index in [0.717, 1.165) is 0 Å². The number of nitrogens with two attached hydrogens (primary N) is 1. The topological polar surface area (TPSA) is 150 Å². The van der Waals surface area contributed by atoms with Crippen LogP contribution in [-0.4, -0.2) is 62.7 Å². The maximum atomic E-state index is 13.2. The summed E-state index contributed by atoms with van der Waals surface area (Å²) in [4.78, 5) is 57.5. The zero-order valence-electron chi connectivity index (χ0n) is 14.7. The molecule has 4 aliphatic rings. The van der Waals surface area contributed by atoms with Gasteiger partial charge in [-0.25, -0.2) is 4.98 Å². The molecule has 10 nitrogen and oxygen atoms in total. The third-order valence-corrected chi connectivity index (χ3v) is 5.84. The van der Waals surface area contributed by atoms with Crippen molar-refractivity contribution in [2.75, 3.05) is 6.54 Å². The van der Waals surface area contributed by atoms with E-state index in [1.807, 2.05) is 0 Å². The van der Waals surface area contributed by atoms with Gasteiger partial charge in [-0.1, -0.05) is 0 Å². The summed E-state index contributed by atoms with van der Waals surface area (Å²) in [7, 11) is 0. The number of primary amides is 1. The van der Waals surface area contributed by atoms with Crippen LogP contribution in [-0.2, 0) is 25.6 Å². The third kappa shape index (κ3) is 2.94.